The first-order valence-electron chi connectivity index (χ1n) is 6.77. The van der Waals surface area contributed by atoms with E-state index >= 15 is 0 Å². The summed E-state index contributed by atoms with van der Waals surface area (Å²) >= 11 is 1.70. The first kappa shape index (κ1) is 16.1. The molecule has 2 atom stereocenters. The second-order valence-corrected chi connectivity index (χ2v) is 6.23. The highest BCUT2D eigenvalue weighted by Gasteiger charge is 2.29. The number of ether oxygens (including phenoxy) is 3. The largest absolute Gasteiger partial charge is 0.466 e. The van der Waals surface area contributed by atoms with Crippen LogP contribution in [0.25, 0.3) is 0 Å². The topological polar surface area (TPSA) is 44.8 Å². The maximum Gasteiger partial charge on any atom is 0.330 e. The number of hydrogen-bond acceptors (Lipinski definition) is 5. The van der Waals surface area contributed by atoms with Crippen molar-refractivity contribution in [1.29, 1.82) is 0 Å². The van der Waals surface area contributed by atoms with Gasteiger partial charge in [-0.3, -0.25) is 0 Å². The Morgan fingerprint density at radius 1 is 1.33 bits per heavy atom. The lowest BCUT2D eigenvalue weighted by molar-refractivity contribution is -0.136. The summed E-state index contributed by atoms with van der Waals surface area (Å²) in [4.78, 5) is 12.5. The van der Waals surface area contributed by atoms with E-state index < -0.39 is 0 Å². The molecular weight excluding hydrogens is 288 g/mol. The molecule has 0 bridgehead atoms. The molecule has 21 heavy (non-hydrogen) atoms. The van der Waals surface area contributed by atoms with Crippen LogP contribution in [0.3, 0.4) is 0 Å². The minimum atomic E-state index is -0.344. The van der Waals surface area contributed by atoms with Gasteiger partial charge in [-0.2, -0.15) is 0 Å². The first-order chi connectivity index (χ1) is 10.1. The lowest BCUT2D eigenvalue weighted by Gasteiger charge is -2.31. The normalized spacial score (nSPS) is 24.0. The Morgan fingerprint density at radius 2 is 2.05 bits per heavy atom. The van der Waals surface area contributed by atoms with Crippen LogP contribution in [0.4, 0.5) is 0 Å². The monoisotopic (exact) mass is 308 g/mol. The van der Waals surface area contributed by atoms with Gasteiger partial charge in [0.25, 0.3) is 0 Å². The molecule has 4 nitrogen and oxygen atoms in total. The molecule has 2 rings (SSSR count). The fraction of sp³-hybridized carbons (Fsp3) is 0.438. The van der Waals surface area contributed by atoms with Gasteiger partial charge in [0.1, 0.15) is 0 Å². The number of carbonyl (C=O) groups excluding carboxylic acids is 1. The van der Waals surface area contributed by atoms with Gasteiger partial charge >= 0.3 is 5.97 Å². The summed E-state index contributed by atoms with van der Waals surface area (Å²) in [6.45, 7) is 2.46. The van der Waals surface area contributed by atoms with Crippen LogP contribution < -0.4 is 0 Å². The maximum absolute atomic E-state index is 11.3. The summed E-state index contributed by atoms with van der Waals surface area (Å²) in [6, 6.07) is 8.34. The van der Waals surface area contributed by atoms with Gasteiger partial charge in [-0.1, -0.05) is 17.7 Å². The summed E-state index contributed by atoms with van der Waals surface area (Å²) in [5, 5.41) is 0.113. The fourth-order valence-corrected chi connectivity index (χ4v) is 3.39. The average molecular weight is 308 g/mol. The van der Waals surface area contributed by atoms with Crippen LogP contribution in [-0.2, 0) is 19.0 Å². The number of thioether (sulfide) groups is 1. The summed E-state index contributed by atoms with van der Waals surface area (Å²) in [6.07, 6.45) is 1.98. The lowest BCUT2D eigenvalue weighted by atomic mass is 10.1. The number of benzene rings is 1. The van der Waals surface area contributed by atoms with Crippen molar-refractivity contribution in [3.63, 3.8) is 0 Å². The Labute approximate surface area is 129 Å². The molecule has 1 heterocycles. The number of rotatable bonds is 4. The van der Waals surface area contributed by atoms with Crippen LogP contribution in [0.1, 0.15) is 12.0 Å². The van der Waals surface area contributed by atoms with Crippen molar-refractivity contribution < 1.29 is 19.0 Å². The lowest BCUT2D eigenvalue weighted by Crippen LogP contribution is -2.34. The molecule has 1 aliphatic rings. The molecule has 0 aliphatic carbocycles. The van der Waals surface area contributed by atoms with Crippen molar-refractivity contribution in [2.75, 3.05) is 20.8 Å². The van der Waals surface area contributed by atoms with E-state index in [0.29, 0.717) is 6.61 Å². The first-order valence-corrected chi connectivity index (χ1v) is 7.65. The van der Waals surface area contributed by atoms with Crippen molar-refractivity contribution in [1.82, 2.24) is 0 Å². The molecular formula is C16H20O4S. The van der Waals surface area contributed by atoms with Crippen LogP contribution in [0, 0.1) is 6.92 Å². The highest BCUT2D eigenvalue weighted by molar-refractivity contribution is 8.00. The third-order valence-corrected chi connectivity index (χ3v) is 4.50. The molecule has 0 aromatic heterocycles. The van der Waals surface area contributed by atoms with E-state index in [2.05, 4.69) is 35.9 Å². The molecule has 0 radical (unpaired) electrons. The number of carbonyl (C=O) groups is 1. The van der Waals surface area contributed by atoms with Crippen LogP contribution in [0.5, 0.6) is 0 Å². The van der Waals surface area contributed by atoms with E-state index in [-0.39, 0.29) is 17.5 Å². The van der Waals surface area contributed by atoms with E-state index in [0.717, 1.165) is 16.9 Å². The number of hydrogen-bond donors (Lipinski definition) is 0. The quantitative estimate of drug-likeness (QED) is 0.632. The highest BCUT2D eigenvalue weighted by Crippen LogP contribution is 2.34. The zero-order valence-corrected chi connectivity index (χ0v) is 13.3. The second kappa shape index (κ2) is 7.64. The van der Waals surface area contributed by atoms with Crippen LogP contribution in [-0.4, -0.2) is 38.3 Å². The molecule has 1 aromatic rings. The summed E-state index contributed by atoms with van der Waals surface area (Å²) in [5.41, 5.74) is 2.16. The van der Waals surface area contributed by atoms with Gasteiger partial charge in [-0.05, 0) is 31.1 Å². The van der Waals surface area contributed by atoms with E-state index in [1.54, 1.807) is 18.9 Å². The van der Waals surface area contributed by atoms with E-state index in [1.807, 2.05) is 0 Å². The maximum atomic E-state index is 11.3. The molecule has 5 heteroatoms. The molecule has 1 aromatic carbocycles. The number of esters is 1. The van der Waals surface area contributed by atoms with Gasteiger partial charge in [0.05, 0.1) is 19.0 Å². The Morgan fingerprint density at radius 3 is 2.67 bits per heavy atom. The Kier molecular flexibility index (Phi) is 5.85. The van der Waals surface area contributed by atoms with Crippen LogP contribution in [0.15, 0.2) is 40.8 Å². The summed E-state index contributed by atoms with van der Waals surface area (Å²) < 4.78 is 15.7. The molecule has 0 N–H and O–H groups in total. The molecule has 114 valence electrons. The Hall–Kier alpha value is -1.30. The Bertz CT molecular complexity index is 510. The van der Waals surface area contributed by atoms with Crippen molar-refractivity contribution in [2.45, 2.75) is 29.8 Å². The molecule has 0 amide bonds. The van der Waals surface area contributed by atoms with E-state index in [4.69, 9.17) is 9.47 Å². The predicted molar refractivity (Wildman–Crippen MR) is 82.3 cm³/mol. The van der Waals surface area contributed by atoms with Gasteiger partial charge in [0.2, 0.25) is 0 Å². The predicted octanol–water partition coefficient (Wildman–Crippen LogP) is 2.95. The molecule has 1 aliphatic heterocycles. The van der Waals surface area contributed by atoms with Crippen molar-refractivity contribution in [3.8, 4) is 0 Å². The third-order valence-electron chi connectivity index (χ3n) is 3.26. The van der Waals surface area contributed by atoms with Gasteiger partial charge < -0.3 is 14.2 Å². The SMILES string of the molecule is COC(=O)/C=C1\CO[C@H](OC)[C@@H](Sc2ccc(C)cc2)C1. The fourth-order valence-electron chi connectivity index (χ4n) is 2.14. The van der Waals surface area contributed by atoms with E-state index in [9.17, 15) is 4.79 Å². The van der Waals surface area contributed by atoms with Crippen LogP contribution in [0.2, 0.25) is 0 Å². The smallest absolute Gasteiger partial charge is 0.330 e. The van der Waals surface area contributed by atoms with Crippen molar-refractivity contribution in [2.24, 2.45) is 0 Å². The molecule has 1 saturated heterocycles. The minimum Gasteiger partial charge on any atom is -0.466 e. The highest BCUT2D eigenvalue weighted by atomic mass is 32.2. The summed E-state index contributed by atoms with van der Waals surface area (Å²) in [7, 11) is 3.02. The van der Waals surface area contributed by atoms with Crippen LogP contribution >= 0.6 is 11.8 Å². The van der Waals surface area contributed by atoms with Gasteiger partial charge in [-0.25, -0.2) is 4.79 Å². The van der Waals surface area contributed by atoms with Gasteiger partial charge in [-0.15, -0.1) is 11.8 Å². The van der Waals surface area contributed by atoms with Gasteiger partial charge in [0, 0.05) is 18.1 Å². The number of aryl methyl sites for hydroxylation is 1. The molecule has 0 unspecified atom stereocenters. The van der Waals surface area contributed by atoms with E-state index in [1.165, 1.54) is 18.7 Å². The molecule has 0 spiro atoms. The summed E-state index contributed by atoms with van der Waals surface area (Å²) in [5.74, 6) is -0.344. The molecule has 0 saturated carbocycles. The standard InChI is InChI=1S/C16H20O4S/c1-11-4-6-13(7-5-11)21-14-8-12(9-15(17)18-2)10-20-16(14)19-3/h4-7,9,14,16H,8,10H2,1-3H3/b12-9-/t14-,16-/m0/s1. The average Bonchev–Trinajstić information content (AvgIpc) is 2.50. The molecule has 1 fully saturated rings. The second-order valence-electron chi connectivity index (χ2n) is 4.91. The Balaban J connectivity index is 2.08. The number of methoxy groups -OCH3 is 2. The van der Waals surface area contributed by atoms with Crippen molar-refractivity contribution >= 4 is 17.7 Å². The zero-order valence-electron chi connectivity index (χ0n) is 12.5. The van der Waals surface area contributed by atoms with Crippen molar-refractivity contribution in [3.05, 3.63) is 41.5 Å². The zero-order chi connectivity index (χ0) is 15.2. The minimum absolute atomic E-state index is 0.113. The van der Waals surface area contributed by atoms with Gasteiger partial charge in [0.15, 0.2) is 6.29 Å². The third kappa shape index (κ3) is 4.59.